The van der Waals surface area contributed by atoms with Crippen molar-refractivity contribution in [2.24, 2.45) is 0 Å². The molecule has 1 aromatic heterocycles. The Morgan fingerprint density at radius 2 is 2.46 bits per heavy atom. The molecule has 0 aliphatic heterocycles. The van der Waals surface area contributed by atoms with E-state index in [9.17, 15) is 0 Å². The molecule has 0 amide bonds. The maximum atomic E-state index is 5.63. The lowest BCUT2D eigenvalue weighted by Crippen LogP contribution is -1.94. The molecule has 0 bridgehead atoms. The van der Waals surface area contributed by atoms with Crippen LogP contribution in [0.15, 0.2) is 5.38 Å². The molecule has 1 heterocycles. The zero-order valence-corrected chi connectivity index (χ0v) is 9.33. The topological polar surface area (TPSA) is 22.1 Å². The standard InChI is InChI=1S/C9H14ClNOS/c1-2-3-4-12-6-9-11-8(5-10)7-13-9/h7H,2-6H2,1H3. The van der Waals surface area contributed by atoms with Gasteiger partial charge in [0.2, 0.25) is 0 Å². The summed E-state index contributed by atoms with van der Waals surface area (Å²) in [6.07, 6.45) is 2.29. The summed E-state index contributed by atoms with van der Waals surface area (Å²) >= 11 is 7.24. The monoisotopic (exact) mass is 219 g/mol. The Labute approximate surface area is 87.9 Å². The molecule has 0 aromatic carbocycles. The molecule has 1 aromatic rings. The van der Waals surface area contributed by atoms with E-state index in [1.165, 1.54) is 6.42 Å². The number of hydrogen-bond acceptors (Lipinski definition) is 3. The number of thiazole rings is 1. The smallest absolute Gasteiger partial charge is 0.119 e. The van der Waals surface area contributed by atoms with E-state index in [0.717, 1.165) is 23.7 Å². The van der Waals surface area contributed by atoms with Gasteiger partial charge >= 0.3 is 0 Å². The van der Waals surface area contributed by atoms with Gasteiger partial charge in [0.25, 0.3) is 0 Å². The molecule has 0 atom stereocenters. The summed E-state index contributed by atoms with van der Waals surface area (Å²) < 4.78 is 5.42. The van der Waals surface area contributed by atoms with Gasteiger partial charge in [0.15, 0.2) is 0 Å². The predicted molar refractivity (Wildman–Crippen MR) is 56.2 cm³/mol. The average molecular weight is 220 g/mol. The van der Waals surface area contributed by atoms with Crippen LogP contribution in [-0.2, 0) is 17.2 Å². The van der Waals surface area contributed by atoms with Crippen LogP contribution in [0.5, 0.6) is 0 Å². The van der Waals surface area contributed by atoms with Gasteiger partial charge in [-0.2, -0.15) is 0 Å². The number of unbranched alkanes of at least 4 members (excludes halogenated alkanes) is 1. The fourth-order valence-corrected chi connectivity index (χ4v) is 1.84. The molecule has 0 aliphatic rings. The van der Waals surface area contributed by atoms with Gasteiger partial charge in [-0.05, 0) is 6.42 Å². The summed E-state index contributed by atoms with van der Waals surface area (Å²) in [5.41, 5.74) is 0.945. The molecule has 74 valence electrons. The number of ether oxygens (including phenoxy) is 1. The van der Waals surface area contributed by atoms with E-state index in [1.54, 1.807) is 11.3 Å². The molecule has 0 aliphatic carbocycles. The van der Waals surface area contributed by atoms with Gasteiger partial charge in [0, 0.05) is 12.0 Å². The van der Waals surface area contributed by atoms with Crippen LogP contribution in [-0.4, -0.2) is 11.6 Å². The van der Waals surface area contributed by atoms with Crippen LogP contribution in [0.4, 0.5) is 0 Å². The van der Waals surface area contributed by atoms with Gasteiger partial charge in [-0.15, -0.1) is 22.9 Å². The van der Waals surface area contributed by atoms with Crippen LogP contribution in [0.25, 0.3) is 0 Å². The lowest BCUT2D eigenvalue weighted by molar-refractivity contribution is 0.118. The Hall–Kier alpha value is -0.120. The highest BCUT2D eigenvalue weighted by atomic mass is 35.5. The Kier molecular flexibility index (Phi) is 5.35. The number of aromatic nitrogens is 1. The second kappa shape index (κ2) is 6.35. The van der Waals surface area contributed by atoms with Crippen molar-refractivity contribution in [2.75, 3.05) is 6.61 Å². The van der Waals surface area contributed by atoms with Crippen LogP contribution in [0.1, 0.15) is 30.5 Å². The van der Waals surface area contributed by atoms with Crippen molar-refractivity contribution in [3.8, 4) is 0 Å². The van der Waals surface area contributed by atoms with Gasteiger partial charge in [-0.1, -0.05) is 13.3 Å². The Morgan fingerprint density at radius 3 is 3.08 bits per heavy atom. The second-order valence-corrected chi connectivity index (χ2v) is 3.98. The van der Waals surface area contributed by atoms with E-state index in [4.69, 9.17) is 16.3 Å². The summed E-state index contributed by atoms with van der Waals surface area (Å²) in [4.78, 5) is 4.29. The number of rotatable bonds is 6. The molecule has 2 nitrogen and oxygen atoms in total. The summed E-state index contributed by atoms with van der Waals surface area (Å²) in [5.74, 6) is 0.492. The van der Waals surface area contributed by atoms with Crippen molar-refractivity contribution in [1.82, 2.24) is 4.98 Å². The highest BCUT2D eigenvalue weighted by Gasteiger charge is 2.00. The molecule has 4 heteroatoms. The van der Waals surface area contributed by atoms with Gasteiger partial charge in [-0.3, -0.25) is 0 Å². The van der Waals surface area contributed by atoms with Crippen molar-refractivity contribution in [2.45, 2.75) is 32.3 Å². The third-order valence-electron chi connectivity index (χ3n) is 1.60. The molecule has 1 rings (SSSR count). The Morgan fingerprint density at radius 1 is 1.62 bits per heavy atom. The number of nitrogens with zero attached hydrogens (tertiary/aromatic N) is 1. The van der Waals surface area contributed by atoms with Crippen LogP contribution < -0.4 is 0 Å². The highest BCUT2D eigenvalue weighted by molar-refractivity contribution is 7.09. The third kappa shape index (κ3) is 4.07. The molecule has 0 N–H and O–H groups in total. The van der Waals surface area contributed by atoms with Crippen LogP contribution in [0.3, 0.4) is 0 Å². The SMILES string of the molecule is CCCCOCc1nc(CCl)cs1. The number of alkyl halides is 1. The first-order valence-corrected chi connectivity index (χ1v) is 5.85. The van der Waals surface area contributed by atoms with Crippen molar-refractivity contribution < 1.29 is 4.74 Å². The summed E-state index contributed by atoms with van der Waals surface area (Å²) in [5, 5.41) is 3.00. The molecule has 0 fully saturated rings. The lowest BCUT2D eigenvalue weighted by Gasteiger charge is -1.98. The van der Waals surface area contributed by atoms with Crippen LogP contribution in [0, 0.1) is 0 Å². The molecule has 0 spiro atoms. The average Bonchev–Trinajstić information content (AvgIpc) is 2.60. The first kappa shape index (κ1) is 11.0. The minimum absolute atomic E-state index is 0.492. The number of hydrogen-bond donors (Lipinski definition) is 0. The largest absolute Gasteiger partial charge is 0.374 e. The van der Waals surface area contributed by atoms with E-state index >= 15 is 0 Å². The molecular formula is C9H14ClNOS. The third-order valence-corrected chi connectivity index (χ3v) is 2.75. The van der Waals surface area contributed by atoms with Gasteiger partial charge < -0.3 is 4.74 Å². The normalized spacial score (nSPS) is 10.6. The van der Waals surface area contributed by atoms with E-state index in [2.05, 4.69) is 11.9 Å². The molecular weight excluding hydrogens is 206 g/mol. The second-order valence-electron chi connectivity index (χ2n) is 2.77. The van der Waals surface area contributed by atoms with E-state index in [-0.39, 0.29) is 0 Å². The first-order valence-electron chi connectivity index (χ1n) is 4.43. The highest BCUT2D eigenvalue weighted by Crippen LogP contribution is 2.12. The van der Waals surface area contributed by atoms with Gasteiger partial charge in [-0.25, -0.2) is 4.98 Å². The summed E-state index contributed by atoms with van der Waals surface area (Å²) in [6.45, 7) is 3.60. The maximum absolute atomic E-state index is 5.63. The first-order chi connectivity index (χ1) is 6.36. The van der Waals surface area contributed by atoms with Crippen LogP contribution in [0.2, 0.25) is 0 Å². The quantitative estimate of drug-likeness (QED) is 0.542. The van der Waals surface area contributed by atoms with Crippen molar-refractivity contribution >= 4 is 22.9 Å². The minimum atomic E-state index is 0.492. The van der Waals surface area contributed by atoms with Gasteiger partial charge in [0.05, 0.1) is 18.2 Å². The molecule has 0 radical (unpaired) electrons. The lowest BCUT2D eigenvalue weighted by atomic mass is 10.4. The fourth-order valence-electron chi connectivity index (χ4n) is 0.882. The predicted octanol–water partition coefficient (Wildman–Crippen LogP) is 3.20. The van der Waals surface area contributed by atoms with Crippen molar-refractivity contribution in [3.63, 3.8) is 0 Å². The number of halogens is 1. The van der Waals surface area contributed by atoms with E-state index in [0.29, 0.717) is 12.5 Å². The summed E-state index contributed by atoms with van der Waals surface area (Å²) in [6, 6.07) is 0. The zero-order chi connectivity index (χ0) is 9.52. The van der Waals surface area contributed by atoms with Crippen molar-refractivity contribution in [1.29, 1.82) is 0 Å². The molecule has 0 saturated heterocycles. The van der Waals surface area contributed by atoms with E-state index in [1.807, 2.05) is 5.38 Å². The minimum Gasteiger partial charge on any atom is -0.374 e. The van der Waals surface area contributed by atoms with Crippen molar-refractivity contribution in [3.05, 3.63) is 16.1 Å². The molecule has 0 saturated carbocycles. The Balaban J connectivity index is 2.20. The molecule has 13 heavy (non-hydrogen) atoms. The fraction of sp³-hybridized carbons (Fsp3) is 0.667. The maximum Gasteiger partial charge on any atom is 0.119 e. The zero-order valence-electron chi connectivity index (χ0n) is 7.75. The van der Waals surface area contributed by atoms with Gasteiger partial charge in [0.1, 0.15) is 5.01 Å². The van der Waals surface area contributed by atoms with E-state index < -0.39 is 0 Å². The Bertz CT molecular complexity index is 239. The molecule has 0 unspecified atom stereocenters. The van der Waals surface area contributed by atoms with Crippen LogP contribution >= 0.6 is 22.9 Å². The summed E-state index contributed by atoms with van der Waals surface area (Å²) in [7, 11) is 0.